The van der Waals surface area contributed by atoms with Crippen LogP contribution in [0.25, 0.3) is 0 Å². The van der Waals surface area contributed by atoms with Gasteiger partial charge in [-0.05, 0) is 30.1 Å². The molecule has 1 rings (SSSR count). The van der Waals surface area contributed by atoms with Gasteiger partial charge >= 0.3 is 0 Å². The first kappa shape index (κ1) is 7.11. The maximum atomic E-state index is 2.39. The molecule has 0 aromatic carbocycles. The zero-order valence-electron chi connectivity index (χ0n) is 7.07. The third-order valence-electron chi connectivity index (χ3n) is 2.91. The molecule has 0 aliphatic heterocycles. The Hall–Kier alpha value is 0. The smallest absolute Gasteiger partial charge is 0.0323 e. The van der Waals surface area contributed by atoms with Crippen LogP contribution in [0.3, 0.4) is 0 Å². The largest absolute Gasteiger partial charge is 0.0625 e. The van der Waals surface area contributed by atoms with Crippen molar-refractivity contribution in [1.29, 1.82) is 0 Å². The Morgan fingerprint density at radius 3 is 1.89 bits per heavy atom. The molecular formula is C9H18. The molecule has 0 aromatic heterocycles. The molecule has 0 spiro atoms. The summed E-state index contributed by atoms with van der Waals surface area (Å²) in [5.74, 6) is 1.89. The summed E-state index contributed by atoms with van der Waals surface area (Å²) >= 11 is 0. The Balaban J connectivity index is 2.45. The maximum absolute atomic E-state index is 2.39. The standard InChI is InChI=1S/C9H18/c1-7(2)8-5-6-9(8,3)4/h7-8H,5-6H2,1-4H3/t8-/m0/s1. The van der Waals surface area contributed by atoms with Crippen molar-refractivity contribution in [2.75, 3.05) is 0 Å². The molecule has 0 unspecified atom stereocenters. The minimum absolute atomic E-state index is 0.661. The molecule has 0 radical (unpaired) electrons. The van der Waals surface area contributed by atoms with Crippen molar-refractivity contribution in [3.63, 3.8) is 0 Å². The molecule has 0 saturated heterocycles. The average molecular weight is 126 g/mol. The monoisotopic (exact) mass is 126 g/mol. The maximum Gasteiger partial charge on any atom is -0.0323 e. The molecule has 9 heavy (non-hydrogen) atoms. The summed E-state index contributed by atoms with van der Waals surface area (Å²) in [6.07, 6.45) is 2.90. The van der Waals surface area contributed by atoms with Crippen LogP contribution in [-0.4, -0.2) is 0 Å². The van der Waals surface area contributed by atoms with Crippen molar-refractivity contribution in [1.82, 2.24) is 0 Å². The lowest BCUT2D eigenvalue weighted by Crippen LogP contribution is -2.37. The molecule has 1 aliphatic carbocycles. The van der Waals surface area contributed by atoms with Crippen LogP contribution in [0, 0.1) is 17.3 Å². The van der Waals surface area contributed by atoms with Crippen LogP contribution in [0.4, 0.5) is 0 Å². The summed E-state index contributed by atoms with van der Waals surface area (Å²) in [6, 6.07) is 0. The van der Waals surface area contributed by atoms with Crippen molar-refractivity contribution in [2.24, 2.45) is 17.3 Å². The molecule has 1 aliphatic rings. The van der Waals surface area contributed by atoms with Crippen molar-refractivity contribution >= 4 is 0 Å². The highest BCUT2D eigenvalue weighted by Crippen LogP contribution is 2.49. The fraction of sp³-hybridized carbons (Fsp3) is 1.00. The SMILES string of the molecule is CC(C)[C@@H]1CCC1(C)C. The Kier molecular flexibility index (Phi) is 1.58. The van der Waals surface area contributed by atoms with Crippen LogP contribution in [0.5, 0.6) is 0 Å². The predicted molar refractivity (Wildman–Crippen MR) is 41.3 cm³/mol. The van der Waals surface area contributed by atoms with E-state index in [2.05, 4.69) is 27.7 Å². The van der Waals surface area contributed by atoms with E-state index in [4.69, 9.17) is 0 Å². The highest BCUT2D eigenvalue weighted by molar-refractivity contribution is 4.89. The third kappa shape index (κ3) is 1.12. The van der Waals surface area contributed by atoms with Gasteiger partial charge in [0.25, 0.3) is 0 Å². The van der Waals surface area contributed by atoms with Gasteiger partial charge in [-0.3, -0.25) is 0 Å². The molecule has 0 nitrogen and oxygen atoms in total. The highest BCUT2D eigenvalue weighted by Gasteiger charge is 2.39. The van der Waals surface area contributed by atoms with Gasteiger partial charge in [0.1, 0.15) is 0 Å². The summed E-state index contributed by atoms with van der Waals surface area (Å²) in [4.78, 5) is 0. The average Bonchev–Trinajstić information content (AvgIpc) is 1.62. The van der Waals surface area contributed by atoms with Crippen LogP contribution in [0.15, 0.2) is 0 Å². The molecule has 0 N–H and O–H groups in total. The molecule has 1 fully saturated rings. The van der Waals surface area contributed by atoms with Gasteiger partial charge in [0.05, 0.1) is 0 Å². The molecule has 54 valence electrons. The Morgan fingerprint density at radius 2 is 1.89 bits per heavy atom. The molecule has 0 aromatic rings. The summed E-state index contributed by atoms with van der Waals surface area (Å²) in [5, 5.41) is 0. The summed E-state index contributed by atoms with van der Waals surface area (Å²) in [5.41, 5.74) is 0.661. The highest BCUT2D eigenvalue weighted by atomic mass is 14.4. The summed E-state index contributed by atoms with van der Waals surface area (Å²) < 4.78 is 0. The van der Waals surface area contributed by atoms with Crippen molar-refractivity contribution in [3.05, 3.63) is 0 Å². The minimum Gasteiger partial charge on any atom is -0.0625 e. The van der Waals surface area contributed by atoms with Crippen LogP contribution in [0.2, 0.25) is 0 Å². The topological polar surface area (TPSA) is 0 Å². The normalized spacial score (nSPS) is 32.3. The van der Waals surface area contributed by atoms with Crippen molar-refractivity contribution < 1.29 is 0 Å². The molecule has 0 heterocycles. The van der Waals surface area contributed by atoms with Gasteiger partial charge in [0.2, 0.25) is 0 Å². The lowest BCUT2D eigenvalue weighted by molar-refractivity contribution is 0.0330. The van der Waals surface area contributed by atoms with Gasteiger partial charge in [0.15, 0.2) is 0 Å². The molecule has 0 amide bonds. The second-order valence-electron chi connectivity index (χ2n) is 4.38. The quantitative estimate of drug-likeness (QED) is 0.506. The van der Waals surface area contributed by atoms with E-state index < -0.39 is 0 Å². The first-order valence-electron chi connectivity index (χ1n) is 4.04. The van der Waals surface area contributed by atoms with E-state index in [0.717, 1.165) is 11.8 Å². The molecule has 1 atom stereocenters. The zero-order valence-corrected chi connectivity index (χ0v) is 7.07. The second kappa shape index (κ2) is 2.00. The van der Waals surface area contributed by atoms with E-state index in [1.165, 1.54) is 12.8 Å². The number of rotatable bonds is 1. The third-order valence-corrected chi connectivity index (χ3v) is 2.91. The summed E-state index contributed by atoms with van der Waals surface area (Å²) in [7, 11) is 0. The van der Waals surface area contributed by atoms with Gasteiger partial charge in [-0.15, -0.1) is 0 Å². The van der Waals surface area contributed by atoms with Crippen LogP contribution < -0.4 is 0 Å². The molecule has 0 heteroatoms. The van der Waals surface area contributed by atoms with Crippen LogP contribution in [0.1, 0.15) is 40.5 Å². The van der Waals surface area contributed by atoms with E-state index >= 15 is 0 Å². The fourth-order valence-corrected chi connectivity index (χ4v) is 2.12. The van der Waals surface area contributed by atoms with Crippen LogP contribution >= 0.6 is 0 Å². The predicted octanol–water partition coefficient (Wildman–Crippen LogP) is 3.08. The van der Waals surface area contributed by atoms with Crippen molar-refractivity contribution in [2.45, 2.75) is 40.5 Å². The Labute approximate surface area is 58.7 Å². The Bertz CT molecular complexity index is 101. The van der Waals surface area contributed by atoms with Gasteiger partial charge in [-0.1, -0.05) is 27.7 Å². The Morgan fingerprint density at radius 1 is 1.33 bits per heavy atom. The number of hydrogen-bond acceptors (Lipinski definition) is 0. The lowest BCUT2D eigenvalue weighted by Gasteiger charge is -2.47. The minimum atomic E-state index is 0.661. The van der Waals surface area contributed by atoms with E-state index in [1.807, 2.05) is 0 Å². The van der Waals surface area contributed by atoms with E-state index in [0.29, 0.717) is 5.41 Å². The molecule has 1 saturated carbocycles. The molecular weight excluding hydrogens is 108 g/mol. The van der Waals surface area contributed by atoms with E-state index in [-0.39, 0.29) is 0 Å². The van der Waals surface area contributed by atoms with Gasteiger partial charge in [-0.2, -0.15) is 0 Å². The van der Waals surface area contributed by atoms with Crippen LogP contribution in [-0.2, 0) is 0 Å². The van der Waals surface area contributed by atoms with Gasteiger partial charge in [-0.25, -0.2) is 0 Å². The van der Waals surface area contributed by atoms with Gasteiger partial charge < -0.3 is 0 Å². The first-order valence-corrected chi connectivity index (χ1v) is 4.04. The molecule has 0 bridgehead atoms. The number of hydrogen-bond donors (Lipinski definition) is 0. The summed E-state index contributed by atoms with van der Waals surface area (Å²) in [6.45, 7) is 9.46. The fourth-order valence-electron chi connectivity index (χ4n) is 2.12. The van der Waals surface area contributed by atoms with Crippen molar-refractivity contribution in [3.8, 4) is 0 Å². The zero-order chi connectivity index (χ0) is 7.07. The van der Waals surface area contributed by atoms with Gasteiger partial charge in [0, 0.05) is 0 Å². The lowest BCUT2D eigenvalue weighted by atomic mass is 9.58. The van der Waals surface area contributed by atoms with E-state index in [1.54, 1.807) is 0 Å². The van der Waals surface area contributed by atoms with E-state index in [9.17, 15) is 0 Å². The first-order chi connectivity index (χ1) is 4.04. The second-order valence-corrected chi connectivity index (χ2v) is 4.38.